The van der Waals surface area contributed by atoms with Crippen LogP contribution in [-0.2, 0) is 11.3 Å². The number of rotatable bonds is 5. The van der Waals surface area contributed by atoms with Crippen molar-refractivity contribution in [3.8, 4) is 0 Å². The van der Waals surface area contributed by atoms with Gasteiger partial charge in [-0.15, -0.1) is 0 Å². The standard InChI is InChI=1S/C11H18N2O/c1-9(8-14-2)13-7-10-5-3-4-6-11(10)12/h3-6,9,13H,7-8,12H2,1-2H3. The van der Waals surface area contributed by atoms with Gasteiger partial charge in [0.25, 0.3) is 0 Å². The van der Waals surface area contributed by atoms with Crippen molar-refractivity contribution in [1.82, 2.24) is 5.32 Å². The largest absolute Gasteiger partial charge is 0.398 e. The molecule has 1 aromatic rings. The number of methoxy groups -OCH3 is 1. The average Bonchev–Trinajstić information content (AvgIpc) is 2.17. The SMILES string of the molecule is COCC(C)NCc1ccccc1N. The summed E-state index contributed by atoms with van der Waals surface area (Å²) in [5.74, 6) is 0. The highest BCUT2D eigenvalue weighted by molar-refractivity contribution is 5.46. The molecule has 0 fully saturated rings. The molecule has 1 aromatic carbocycles. The van der Waals surface area contributed by atoms with E-state index in [4.69, 9.17) is 10.5 Å². The molecule has 0 bridgehead atoms. The molecule has 3 N–H and O–H groups in total. The highest BCUT2D eigenvalue weighted by Crippen LogP contribution is 2.09. The van der Waals surface area contributed by atoms with Gasteiger partial charge in [-0.2, -0.15) is 0 Å². The van der Waals surface area contributed by atoms with Crippen LogP contribution in [0.1, 0.15) is 12.5 Å². The van der Waals surface area contributed by atoms with Gasteiger partial charge >= 0.3 is 0 Å². The van der Waals surface area contributed by atoms with Crippen molar-refractivity contribution in [1.29, 1.82) is 0 Å². The van der Waals surface area contributed by atoms with Gasteiger partial charge in [0.15, 0.2) is 0 Å². The Bertz CT molecular complexity index is 276. The van der Waals surface area contributed by atoms with Gasteiger partial charge in [0, 0.05) is 25.4 Å². The summed E-state index contributed by atoms with van der Waals surface area (Å²) in [4.78, 5) is 0. The first-order valence-electron chi connectivity index (χ1n) is 4.79. The van der Waals surface area contributed by atoms with Crippen molar-refractivity contribution in [3.63, 3.8) is 0 Å². The molecule has 14 heavy (non-hydrogen) atoms. The Morgan fingerprint density at radius 2 is 2.14 bits per heavy atom. The monoisotopic (exact) mass is 194 g/mol. The quantitative estimate of drug-likeness (QED) is 0.696. The molecule has 0 aliphatic rings. The lowest BCUT2D eigenvalue weighted by atomic mass is 10.2. The van der Waals surface area contributed by atoms with E-state index in [1.54, 1.807) is 7.11 Å². The zero-order valence-corrected chi connectivity index (χ0v) is 8.79. The Kier molecular flexibility index (Phi) is 4.43. The van der Waals surface area contributed by atoms with Crippen molar-refractivity contribution in [2.75, 3.05) is 19.5 Å². The molecule has 0 aliphatic carbocycles. The number of nitrogens with two attached hydrogens (primary N) is 1. The molecule has 1 atom stereocenters. The predicted octanol–water partition coefficient (Wildman–Crippen LogP) is 1.39. The number of nitrogens with one attached hydrogen (secondary N) is 1. The third kappa shape index (κ3) is 3.36. The van der Waals surface area contributed by atoms with Crippen molar-refractivity contribution in [2.45, 2.75) is 19.5 Å². The minimum absolute atomic E-state index is 0.347. The number of anilines is 1. The molecule has 0 aromatic heterocycles. The molecule has 0 spiro atoms. The van der Waals surface area contributed by atoms with E-state index < -0.39 is 0 Å². The predicted molar refractivity (Wildman–Crippen MR) is 59.0 cm³/mol. The second kappa shape index (κ2) is 5.62. The molecular formula is C11H18N2O. The molecule has 1 unspecified atom stereocenters. The minimum Gasteiger partial charge on any atom is -0.398 e. The second-order valence-corrected chi connectivity index (χ2v) is 3.44. The topological polar surface area (TPSA) is 47.3 Å². The van der Waals surface area contributed by atoms with Crippen LogP contribution in [0.5, 0.6) is 0 Å². The van der Waals surface area contributed by atoms with E-state index in [1.807, 2.05) is 24.3 Å². The van der Waals surface area contributed by atoms with Crippen molar-refractivity contribution in [3.05, 3.63) is 29.8 Å². The van der Waals surface area contributed by atoms with Crippen LogP contribution < -0.4 is 11.1 Å². The lowest BCUT2D eigenvalue weighted by Crippen LogP contribution is -2.29. The average molecular weight is 194 g/mol. The van der Waals surface area contributed by atoms with Crippen molar-refractivity contribution >= 4 is 5.69 Å². The maximum Gasteiger partial charge on any atom is 0.0613 e. The van der Waals surface area contributed by atoms with Gasteiger partial charge in [-0.1, -0.05) is 18.2 Å². The summed E-state index contributed by atoms with van der Waals surface area (Å²) in [6.45, 7) is 3.59. The first-order valence-corrected chi connectivity index (χ1v) is 4.79. The highest BCUT2D eigenvalue weighted by Gasteiger charge is 2.01. The number of hydrogen-bond acceptors (Lipinski definition) is 3. The van der Waals surface area contributed by atoms with Gasteiger partial charge in [-0.3, -0.25) is 0 Å². The molecule has 78 valence electrons. The van der Waals surface area contributed by atoms with Crippen molar-refractivity contribution < 1.29 is 4.74 Å². The number of para-hydroxylation sites is 1. The van der Waals surface area contributed by atoms with Crippen LogP contribution in [0.4, 0.5) is 5.69 Å². The van der Waals surface area contributed by atoms with E-state index in [0.717, 1.165) is 17.8 Å². The Balaban J connectivity index is 2.41. The van der Waals surface area contributed by atoms with Crippen LogP contribution in [0.15, 0.2) is 24.3 Å². The molecule has 0 aliphatic heterocycles. The van der Waals surface area contributed by atoms with Crippen LogP contribution in [0.25, 0.3) is 0 Å². The highest BCUT2D eigenvalue weighted by atomic mass is 16.5. The van der Waals surface area contributed by atoms with E-state index in [-0.39, 0.29) is 0 Å². The Morgan fingerprint density at radius 3 is 2.79 bits per heavy atom. The number of hydrogen-bond donors (Lipinski definition) is 2. The van der Waals surface area contributed by atoms with Crippen LogP contribution in [0.2, 0.25) is 0 Å². The molecule has 0 saturated heterocycles. The zero-order valence-electron chi connectivity index (χ0n) is 8.79. The first kappa shape index (κ1) is 11.0. The molecule has 0 radical (unpaired) electrons. The maximum atomic E-state index is 5.81. The lowest BCUT2D eigenvalue weighted by molar-refractivity contribution is 0.171. The summed E-state index contributed by atoms with van der Waals surface area (Å²) < 4.78 is 5.03. The van der Waals surface area contributed by atoms with E-state index in [2.05, 4.69) is 12.2 Å². The Morgan fingerprint density at radius 1 is 1.43 bits per heavy atom. The third-order valence-corrected chi connectivity index (χ3v) is 2.11. The smallest absolute Gasteiger partial charge is 0.0613 e. The number of nitrogen functional groups attached to an aromatic ring is 1. The van der Waals surface area contributed by atoms with Crippen molar-refractivity contribution in [2.24, 2.45) is 0 Å². The summed E-state index contributed by atoms with van der Waals surface area (Å²) in [6.07, 6.45) is 0. The van der Waals surface area contributed by atoms with Gasteiger partial charge in [0.2, 0.25) is 0 Å². The molecule has 3 heteroatoms. The summed E-state index contributed by atoms with van der Waals surface area (Å²) in [5, 5.41) is 3.34. The van der Waals surface area contributed by atoms with E-state index in [9.17, 15) is 0 Å². The number of ether oxygens (including phenoxy) is 1. The Labute approximate surface area is 85.3 Å². The van der Waals surface area contributed by atoms with Crippen LogP contribution in [-0.4, -0.2) is 19.8 Å². The zero-order chi connectivity index (χ0) is 10.4. The second-order valence-electron chi connectivity index (χ2n) is 3.44. The van der Waals surface area contributed by atoms with Crippen LogP contribution in [0, 0.1) is 0 Å². The summed E-state index contributed by atoms with van der Waals surface area (Å²) >= 11 is 0. The van der Waals surface area contributed by atoms with Gasteiger partial charge in [-0.05, 0) is 18.6 Å². The minimum atomic E-state index is 0.347. The fourth-order valence-electron chi connectivity index (χ4n) is 1.29. The summed E-state index contributed by atoms with van der Waals surface area (Å²) in [7, 11) is 1.70. The fourth-order valence-corrected chi connectivity index (χ4v) is 1.29. The van der Waals surface area contributed by atoms with E-state index >= 15 is 0 Å². The third-order valence-electron chi connectivity index (χ3n) is 2.11. The molecule has 1 rings (SSSR count). The van der Waals surface area contributed by atoms with Gasteiger partial charge in [0.05, 0.1) is 6.61 Å². The van der Waals surface area contributed by atoms with E-state index in [1.165, 1.54) is 0 Å². The summed E-state index contributed by atoms with van der Waals surface area (Å²) in [6, 6.07) is 8.23. The fraction of sp³-hybridized carbons (Fsp3) is 0.455. The maximum absolute atomic E-state index is 5.81. The molecule has 3 nitrogen and oxygen atoms in total. The van der Waals surface area contributed by atoms with Gasteiger partial charge in [0.1, 0.15) is 0 Å². The van der Waals surface area contributed by atoms with E-state index in [0.29, 0.717) is 12.6 Å². The first-order chi connectivity index (χ1) is 6.74. The van der Waals surface area contributed by atoms with Gasteiger partial charge in [-0.25, -0.2) is 0 Å². The van der Waals surface area contributed by atoms with Crippen LogP contribution >= 0.6 is 0 Å². The normalized spacial score (nSPS) is 12.7. The molecule has 0 saturated carbocycles. The lowest BCUT2D eigenvalue weighted by Gasteiger charge is -2.13. The van der Waals surface area contributed by atoms with Gasteiger partial charge < -0.3 is 15.8 Å². The van der Waals surface area contributed by atoms with Crippen LogP contribution in [0.3, 0.4) is 0 Å². The molecule has 0 heterocycles. The molecule has 0 amide bonds. The summed E-state index contributed by atoms with van der Waals surface area (Å²) in [5.41, 5.74) is 7.78. The number of benzene rings is 1. The Hall–Kier alpha value is -1.06. The molecular weight excluding hydrogens is 176 g/mol.